The van der Waals surface area contributed by atoms with Crippen molar-refractivity contribution in [1.29, 1.82) is 0 Å². The number of carboxylic acids is 1. The number of halogens is 1. The topological polar surface area (TPSA) is 57.6 Å². The third-order valence-electron chi connectivity index (χ3n) is 2.88. The predicted molar refractivity (Wildman–Crippen MR) is 74.5 cm³/mol. The minimum atomic E-state index is -0.939. The second-order valence-corrected chi connectivity index (χ2v) is 4.50. The summed E-state index contributed by atoms with van der Waals surface area (Å²) in [5.41, 5.74) is 0.584. The lowest BCUT2D eigenvalue weighted by molar-refractivity contribution is -0.142. The Hall–Kier alpha value is -2.17. The van der Waals surface area contributed by atoms with Crippen LogP contribution in [0, 0.1) is 11.7 Å². The van der Waals surface area contributed by atoms with Gasteiger partial charge in [0.05, 0.1) is 5.92 Å². The number of carbonyl (C=O) groups is 2. The minimum Gasteiger partial charge on any atom is -0.481 e. The van der Waals surface area contributed by atoms with Gasteiger partial charge in [-0.2, -0.15) is 0 Å². The van der Waals surface area contributed by atoms with E-state index in [1.165, 1.54) is 29.2 Å². The maximum absolute atomic E-state index is 13.0. The molecule has 0 fully saturated rings. The highest BCUT2D eigenvalue weighted by atomic mass is 19.1. The molecule has 1 amide bonds. The first-order valence-electron chi connectivity index (χ1n) is 6.39. The molecule has 1 aromatic carbocycles. The third kappa shape index (κ3) is 4.84. The maximum Gasteiger partial charge on any atom is 0.308 e. The molecule has 0 heterocycles. The molecule has 20 heavy (non-hydrogen) atoms. The van der Waals surface area contributed by atoms with Crippen LogP contribution in [0.15, 0.2) is 30.3 Å². The zero-order chi connectivity index (χ0) is 15.1. The molecular formula is C15H18FNO3. The Kier molecular flexibility index (Phi) is 5.90. The number of amides is 1. The smallest absolute Gasteiger partial charge is 0.308 e. The van der Waals surface area contributed by atoms with Crippen LogP contribution in [0.2, 0.25) is 0 Å². The molecule has 1 unspecified atom stereocenters. The van der Waals surface area contributed by atoms with Crippen molar-refractivity contribution in [3.8, 4) is 0 Å². The molecule has 1 aromatic rings. The average molecular weight is 279 g/mol. The summed E-state index contributed by atoms with van der Waals surface area (Å²) in [5.74, 6) is -2.22. The highest BCUT2D eigenvalue weighted by Gasteiger charge is 2.17. The molecule has 1 N–H and O–H groups in total. The van der Waals surface area contributed by atoms with Gasteiger partial charge in [0.15, 0.2) is 0 Å². The van der Waals surface area contributed by atoms with E-state index in [0.29, 0.717) is 12.1 Å². The lowest BCUT2D eigenvalue weighted by Crippen LogP contribution is -2.35. The van der Waals surface area contributed by atoms with Crippen LogP contribution in [0.1, 0.15) is 19.4 Å². The van der Waals surface area contributed by atoms with Crippen molar-refractivity contribution in [1.82, 2.24) is 4.90 Å². The number of hydrogen-bond acceptors (Lipinski definition) is 2. The van der Waals surface area contributed by atoms with E-state index in [2.05, 4.69) is 0 Å². The molecular weight excluding hydrogens is 261 g/mol. The number of hydrogen-bond donors (Lipinski definition) is 1. The SMILES string of the molecule is CCN(CC(C)C(=O)O)C(=O)C=Cc1cccc(F)c1. The lowest BCUT2D eigenvalue weighted by atomic mass is 10.1. The molecule has 0 bridgehead atoms. The summed E-state index contributed by atoms with van der Waals surface area (Å²) in [4.78, 5) is 24.2. The Bertz CT molecular complexity index is 514. The number of aliphatic carboxylic acids is 1. The summed E-state index contributed by atoms with van der Waals surface area (Å²) in [6, 6.07) is 5.89. The van der Waals surface area contributed by atoms with Crippen LogP contribution < -0.4 is 0 Å². The van der Waals surface area contributed by atoms with Gasteiger partial charge in [-0.25, -0.2) is 4.39 Å². The van der Waals surface area contributed by atoms with Crippen molar-refractivity contribution in [2.45, 2.75) is 13.8 Å². The molecule has 4 nitrogen and oxygen atoms in total. The van der Waals surface area contributed by atoms with Crippen LogP contribution in [-0.4, -0.2) is 35.0 Å². The molecule has 0 saturated carbocycles. The standard InChI is InChI=1S/C15H18FNO3/c1-3-17(10-11(2)15(19)20)14(18)8-7-12-5-4-6-13(16)9-12/h4-9,11H,3,10H2,1-2H3,(H,19,20). The Labute approximate surface area is 117 Å². The van der Waals surface area contributed by atoms with Gasteiger partial charge in [-0.3, -0.25) is 9.59 Å². The van der Waals surface area contributed by atoms with Crippen LogP contribution in [-0.2, 0) is 9.59 Å². The second-order valence-electron chi connectivity index (χ2n) is 4.50. The van der Waals surface area contributed by atoms with Crippen molar-refractivity contribution in [2.24, 2.45) is 5.92 Å². The highest BCUT2D eigenvalue weighted by molar-refractivity contribution is 5.92. The van der Waals surface area contributed by atoms with E-state index >= 15 is 0 Å². The van der Waals surface area contributed by atoms with E-state index in [0.717, 1.165) is 0 Å². The molecule has 0 saturated heterocycles. The van der Waals surface area contributed by atoms with Gasteiger partial charge >= 0.3 is 5.97 Å². The van der Waals surface area contributed by atoms with Crippen LogP contribution in [0.25, 0.3) is 6.08 Å². The lowest BCUT2D eigenvalue weighted by Gasteiger charge is -2.21. The summed E-state index contributed by atoms with van der Waals surface area (Å²) in [6.45, 7) is 3.90. The molecule has 108 valence electrons. The number of likely N-dealkylation sites (N-methyl/N-ethyl adjacent to an activating group) is 1. The molecule has 0 radical (unpaired) electrons. The fourth-order valence-corrected chi connectivity index (χ4v) is 1.67. The van der Waals surface area contributed by atoms with Gasteiger partial charge in [0.2, 0.25) is 5.91 Å². The van der Waals surface area contributed by atoms with Crippen molar-refractivity contribution in [3.05, 3.63) is 41.7 Å². The van der Waals surface area contributed by atoms with Crippen LogP contribution in [0.4, 0.5) is 4.39 Å². The van der Waals surface area contributed by atoms with E-state index in [-0.39, 0.29) is 18.3 Å². The second kappa shape index (κ2) is 7.43. The van der Waals surface area contributed by atoms with Gasteiger partial charge in [-0.05, 0) is 30.7 Å². The van der Waals surface area contributed by atoms with E-state index < -0.39 is 11.9 Å². The highest BCUT2D eigenvalue weighted by Crippen LogP contribution is 2.07. The van der Waals surface area contributed by atoms with Crippen LogP contribution >= 0.6 is 0 Å². The van der Waals surface area contributed by atoms with Gasteiger partial charge in [-0.15, -0.1) is 0 Å². The quantitative estimate of drug-likeness (QED) is 0.813. The molecule has 0 spiro atoms. The number of benzene rings is 1. The molecule has 1 rings (SSSR count). The van der Waals surface area contributed by atoms with Crippen LogP contribution in [0.5, 0.6) is 0 Å². The van der Waals surface area contributed by atoms with Gasteiger partial charge in [-0.1, -0.05) is 19.1 Å². The zero-order valence-electron chi connectivity index (χ0n) is 11.5. The van der Waals surface area contributed by atoms with Gasteiger partial charge < -0.3 is 10.0 Å². The first kappa shape index (κ1) is 15.9. The zero-order valence-corrected chi connectivity index (χ0v) is 11.5. The molecule has 0 aliphatic heterocycles. The monoisotopic (exact) mass is 279 g/mol. The largest absolute Gasteiger partial charge is 0.481 e. The van der Waals surface area contributed by atoms with E-state index in [4.69, 9.17) is 5.11 Å². The molecule has 1 atom stereocenters. The third-order valence-corrected chi connectivity index (χ3v) is 2.88. The first-order valence-corrected chi connectivity index (χ1v) is 6.39. The molecule has 0 aliphatic rings. The Balaban J connectivity index is 2.70. The summed E-state index contributed by atoms with van der Waals surface area (Å²) in [5, 5.41) is 8.85. The summed E-state index contributed by atoms with van der Waals surface area (Å²) in [7, 11) is 0. The number of carbonyl (C=O) groups excluding carboxylic acids is 1. The van der Waals surface area contributed by atoms with Crippen molar-refractivity contribution < 1.29 is 19.1 Å². The Morgan fingerprint density at radius 3 is 2.70 bits per heavy atom. The van der Waals surface area contributed by atoms with E-state index in [9.17, 15) is 14.0 Å². The van der Waals surface area contributed by atoms with E-state index in [1.54, 1.807) is 26.0 Å². The first-order chi connectivity index (χ1) is 9.43. The van der Waals surface area contributed by atoms with E-state index in [1.807, 2.05) is 0 Å². The summed E-state index contributed by atoms with van der Waals surface area (Å²) in [6.07, 6.45) is 2.84. The summed E-state index contributed by atoms with van der Waals surface area (Å²) < 4.78 is 13.0. The Morgan fingerprint density at radius 2 is 2.15 bits per heavy atom. The van der Waals surface area contributed by atoms with Crippen molar-refractivity contribution >= 4 is 18.0 Å². The van der Waals surface area contributed by atoms with Crippen LogP contribution in [0.3, 0.4) is 0 Å². The van der Waals surface area contributed by atoms with Gasteiger partial charge in [0.25, 0.3) is 0 Å². The van der Waals surface area contributed by atoms with Crippen molar-refractivity contribution in [2.75, 3.05) is 13.1 Å². The molecule has 0 aliphatic carbocycles. The molecule has 0 aromatic heterocycles. The normalized spacial score (nSPS) is 12.3. The Morgan fingerprint density at radius 1 is 1.45 bits per heavy atom. The fourth-order valence-electron chi connectivity index (χ4n) is 1.67. The van der Waals surface area contributed by atoms with Gasteiger partial charge in [0.1, 0.15) is 5.82 Å². The number of carboxylic acid groups (broad SMARTS) is 1. The van der Waals surface area contributed by atoms with Crippen molar-refractivity contribution in [3.63, 3.8) is 0 Å². The number of nitrogens with zero attached hydrogens (tertiary/aromatic N) is 1. The number of rotatable bonds is 6. The maximum atomic E-state index is 13.0. The fraction of sp³-hybridized carbons (Fsp3) is 0.333. The van der Waals surface area contributed by atoms with Gasteiger partial charge in [0, 0.05) is 19.2 Å². The molecule has 5 heteroatoms. The average Bonchev–Trinajstić information content (AvgIpc) is 2.41. The predicted octanol–water partition coefficient (Wildman–Crippen LogP) is 2.41. The minimum absolute atomic E-state index is 0.151. The summed E-state index contributed by atoms with van der Waals surface area (Å²) >= 11 is 0.